The lowest BCUT2D eigenvalue weighted by molar-refractivity contribution is -0.137. The maximum Gasteiger partial charge on any atom is 0.260 e. The molecule has 0 saturated carbocycles. The van der Waals surface area contributed by atoms with E-state index in [4.69, 9.17) is 4.74 Å². The van der Waals surface area contributed by atoms with Gasteiger partial charge >= 0.3 is 0 Å². The predicted octanol–water partition coefficient (Wildman–Crippen LogP) is 0.862. The number of amides is 2. The lowest BCUT2D eigenvalue weighted by Crippen LogP contribution is -2.42. The molecule has 21 heavy (non-hydrogen) atoms. The van der Waals surface area contributed by atoms with Crippen molar-refractivity contribution >= 4 is 18.1 Å². The molecule has 1 rings (SSSR count). The van der Waals surface area contributed by atoms with Crippen LogP contribution in [0.15, 0.2) is 24.3 Å². The summed E-state index contributed by atoms with van der Waals surface area (Å²) in [4.78, 5) is 35.4. The van der Waals surface area contributed by atoms with Crippen molar-refractivity contribution < 1.29 is 19.1 Å². The highest BCUT2D eigenvalue weighted by atomic mass is 16.5. The van der Waals surface area contributed by atoms with Gasteiger partial charge in [-0.25, -0.2) is 0 Å². The quantitative estimate of drug-likeness (QED) is 0.721. The van der Waals surface area contributed by atoms with Crippen molar-refractivity contribution in [2.24, 2.45) is 0 Å². The van der Waals surface area contributed by atoms with E-state index in [1.807, 2.05) is 6.92 Å². The van der Waals surface area contributed by atoms with Gasteiger partial charge in [-0.3, -0.25) is 14.4 Å². The first kappa shape index (κ1) is 16.7. The van der Waals surface area contributed by atoms with Gasteiger partial charge in [-0.2, -0.15) is 0 Å². The zero-order chi connectivity index (χ0) is 15.7. The fourth-order valence-corrected chi connectivity index (χ4v) is 1.68. The maximum absolute atomic E-state index is 12.0. The Morgan fingerprint density at radius 1 is 1.24 bits per heavy atom. The largest absolute Gasteiger partial charge is 0.484 e. The Morgan fingerprint density at radius 2 is 1.90 bits per heavy atom. The zero-order valence-electron chi connectivity index (χ0n) is 12.3. The maximum atomic E-state index is 12.0. The lowest BCUT2D eigenvalue weighted by atomic mass is 10.2. The molecule has 0 bridgehead atoms. The smallest absolute Gasteiger partial charge is 0.260 e. The molecule has 6 heteroatoms. The van der Waals surface area contributed by atoms with Gasteiger partial charge < -0.3 is 15.0 Å². The van der Waals surface area contributed by atoms with Crippen molar-refractivity contribution in [3.8, 4) is 5.75 Å². The van der Waals surface area contributed by atoms with E-state index in [2.05, 4.69) is 5.32 Å². The number of benzene rings is 1. The van der Waals surface area contributed by atoms with Crippen LogP contribution in [0.3, 0.4) is 0 Å². The molecule has 2 amide bonds. The van der Waals surface area contributed by atoms with E-state index in [-0.39, 0.29) is 25.0 Å². The SMILES string of the molecule is CCNC(=O)CN(CC)C(=O)COc1ccc(C=O)cc1. The van der Waals surface area contributed by atoms with Crippen LogP contribution in [-0.2, 0) is 9.59 Å². The molecule has 0 unspecified atom stereocenters. The summed E-state index contributed by atoms with van der Waals surface area (Å²) in [6.45, 7) is 4.47. The number of likely N-dealkylation sites (N-methyl/N-ethyl adjacent to an activating group) is 2. The second-order valence-corrected chi connectivity index (χ2v) is 4.34. The fourth-order valence-electron chi connectivity index (χ4n) is 1.68. The molecule has 0 aliphatic rings. The van der Waals surface area contributed by atoms with Crippen molar-refractivity contribution in [1.29, 1.82) is 0 Å². The van der Waals surface area contributed by atoms with Gasteiger partial charge in [-0.1, -0.05) is 0 Å². The molecule has 1 aromatic rings. The van der Waals surface area contributed by atoms with Gasteiger partial charge in [0.25, 0.3) is 5.91 Å². The van der Waals surface area contributed by atoms with Gasteiger partial charge in [0.1, 0.15) is 12.0 Å². The van der Waals surface area contributed by atoms with Crippen molar-refractivity contribution in [3.63, 3.8) is 0 Å². The summed E-state index contributed by atoms with van der Waals surface area (Å²) in [5.74, 6) is 0.0502. The van der Waals surface area contributed by atoms with E-state index in [9.17, 15) is 14.4 Å². The average Bonchev–Trinajstić information content (AvgIpc) is 2.51. The van der Waals surface area contributed by atoms with Gasteiger partial charge in [0.05, 0.1) is 6.54 Å². The van der Waals surface area contributed by atoms with E-state index in [1.54, 1.807) is 31.2 Å². The number of nitrogens with one attached hydrogen (secondary N) is 1. The summed E-state index contributed by atoms with van der Waals surface area (Å²) in [5.41, 5.74) is 0.542. The van der Waals surface area contributed by atoms with Gasteiger partial charge in [-0.15, -0.1) is 0 Å². The number of hydrogen-bond acceptors (Lipinski definition) is 4. The molecule has 1 N–H and O–H groups in total. The lowest BCUT2D eigenvalue weighted by Gasteiger charge is -2.20. The van der Waals surface area contributed by atoms with Crippen LogP contribution < -0.4 is 10.1 Å². The van der Waals surface area contributed by atoms with Crippen LogP contribution >= 0.6 is 0 Å². The Morgan fingerprint density at radius 3 is 2.43 bits per heavy atom. The normalized spacial score (nSPS) is 9.81. The van der Waals surface area contributed by atoms with Crippen LogP contribution in [0.5, 0.6) is 5.75 Å². The van der Waals surface area contributed by atoms with Crippen LogP contribution in [0.25, 0.3) is 0 Å². The second kappa shape index (κ2) is 8.73. The molecule has 0 spiro atoms. The Hall–Kier alpha value is -2.37. The predicted molar refractivity (Wildman–Crippen MR) is 78.3 cm³/mol. The second-order valence-electron chi connectivity index (χ2n) is 4.34. The van der Waals surface area contributed by atoms with E-state index < -0.39 is 0 Å². The van der Waals surface area contributed by atoms with Crippen LogP contribution in [0.1, 0.15) is 24.2 Å². The standard InChI is InChI=1S/C15H20N2O4/c1-3-16-14(19)9-17(4-2)15(20)11-21-13-7-5-12(10-18)6-8-13/h5-8,10H,3-4,9,11H2,1-2H3,(H,16,19). The molecule has 6 nitrogen and oxygen atoms in total. The van der Waals surface area contributed by atoms with Crippen molar-refractivity contribution in [2.45, 2.75) is 13.8 Å². The molecule has 0 aromatic heterocycles. The minimum atomic E-state index is -0.261. The molecule has 1 aromatic carbocycles. The highest BCUT2D eigenvalue weighted by Gasteiger charge is 2.15. The molecule has 0 saturated heterocycles. The molecule has 0 radical (unpaired) electrons. The van der Waals surface area contributed by atoms with Gasteiger partial charge in [-0.05, 0) is 38.1 Å². The number of rotatable bonds is 8. The minimum absolute atomic E-state index is 0.0244. The minimum Gasteiger partial charge on any atom is -0.484 e. The number of carbonyl (C=O) groups is 3. The Balaban J connectivity index is 2.49. The molecule has 114 valence electrons. The number of hydrogen-bond donors (Lipinski definition) is 1. The molecular formula is C15H20N2O4. The molecular weight excluding hydrogens is 272 g/mol. The third-order valence-electron chi connectivity index (χ3n) is 2.82. The molecule has 0 heterocycles. The van der Waals surface area contributed by atoms with E-state index in [0.717, 1.165) is 6.29 Å². The number of aldehydes is 1. The number of nitrogens with zero attached hydrogens (tertiary/aromatic N) is 1. The monoisotopic (exact) mass is 292 g/mol. The molecule has 0 aliphatic carbocycles. The number of ether oxygens (including phenoxy) is 1. The summed E-state index contributed by atoms with van der Waals surface area (Å²) in [6, 6.07) is 6.46. The molecule has 0 fully saturated rings. The summed E-state index contributed by atoms with van der Waals surface area (Å²) in [7, 11) is 0. The summed E-state index contributed by atoms with van der Waals surface area (Å²) in [5, 5.41) is 2.64. The van der Waals surface area contributed by atoms with Gasteiger partial charge in [0.15, 0.2) is 6.61 Å². The van der Waals surface area contributed by atoms with Crippen LogP contribution in [0.4, 0.5) is 0 Å². The van der Waals surface area contributed by atoms with E-state index >= 15 is 0 Å². The summed E-state index contributed by atoms with van der Waals surface area (Å²) in [6.07, 6.45) is 0.736. The Kier molecular flexibility index (Phi) is 6.94. The Bertz CT molecular complexity index is 485. The average molecular weight is 292 g/mol. The van der Waals surface area contributed by atoms with Crippen LogP contribution in [0, 0.1) is 0 Å². The summed E-state index contributed by atoms with van der Waals surface area (Å²) < 4.78 is 5.35. The third kappa shape index (κ3) is 5.64. The van der Waals surface area contributed by atoms with Crippen LogP contribution in [0.2, 0.25) is 0 Å². The molecule has 0 aliphatic heterocycles. The topological polar surface area (TPSA) is 75.7 Å². The first-order valence-corrected chi connectivity index (χ1v) is 6.83. The third-order valence-corrected chi connectivity index (χ3v) is 2.82. The Labute approximate surface area is 124 Å². The highest BCUT2D eigenvalue weighted by molar-refractivity contribution is 5.85. The first-order chi connectivity index (χ1) is 10.1. The van der Waals surface area contributed by atoms with Crippen molar-refractivity contribution in [1.82, 2.24) is 10.2 Å². The zero-order valence-corrected chi connectivity index (χ0v) is 12.3. The fraction of sp³-hybridized carbons (Fsp3) is 0.400. The first-order valence-electron chi connectivity index (χ1n) is 6.83. The van der Waals surface area contributed by atoms with Gasteiger partial charge in [0, 0.05) is 18.7 Å². The van der Waals surface area contributed by atoms with Gasteiger partial charge in [0.2, 0.25) is 5.91 Å². The molecule has 0 atom stereocenters. The van der Waals surface area contributed by atoms with Crippen molar-refractivity contribution in [3.05, 3.63) is 29.8 Å². The number of carbonyl (C=O) groups excluding carboxylic acids is 3. The highest BCUT2D eigenvalue weighted by Crippen LogP contribution is 2.11. The van der Waals surface area contributed by atoms with E-state index in [1.165, 1.54) is 4.90 Å². The van der Waals surface area contributed by atoms with Crippen LogP contribution in [-0.4, -0.2) is 49.2 Å². The van der Waals surface area contributed by atoms with E-state index in [0.29, 0.717) is 24.4 Å². The van der Waals surface area contributed by atoms with Crippen molar-refractivity contribution in [2.75, 3.05) is 26.2 Å². The summed E-state index contributed by atoms with van der Waals surface area (Å²) >= 11 is 0.